The number of carbonyl (C=O) groups is 1. The summed E-state index contributed by atoms with van der Waals surface area (Å²) in [5.41, 5.74) is 9.09. The van der Waals surface area contributed by atoms with Crippen molar-refractivity contribution in [2.75, 3.05) is 10.9 Å². The van der Waals surface area contributed by atoms with Crippen molar-refractivity contribution in [3.63, 3.8) is 0 Å². The minimum atomic E-state index is -0.731. The van der Waals surface area contributed by atoms with Gasteiger partial charge in [-0.25, -0.2) is 4.98 Å². The largest absolute Gasteiger partial charge is 0.365 e. The molecule has 2 aromatic heterocycles. The quantitative estimate of drug-likeness (QED) is 0.428. The first-order valence-electron chi connectivity index (χ1n) is 7.43. The van der Waals surface area contributed by atoms with Gasteiger partial charge in [-0.3, -0.25) is 29.9 Å². The standard InChI is InChI=1S/C14H13N9O3S/c1-6-17-14(27-22-6)21-18-8-3-4-9(24)10(11(8)25)19-20-13-7(12(15)26)5-16-23(13)2/h3-5,20H,1-2H3,(H2,15,26)(H,17,21,22)/b18-8+,19-10+. The van der Waals surface area contributed by atoms with E-state index in [1.54, 1.807) is 14.0 Å². The first kappa shape index (κ1) is 18.1. The molecule has 138 valence electrons. The number of benzene rings is 1. The Balaban J connectivity index is 2.00. The van der Waals surface area contributed by atoms with Crippen molar-refractivity contribution < 1.29 is 4.79 Å². The van der Waals surface area contributed by atoms with Crippen LogP contribution in [0, 0.1) is 6.92 Å². The highest BCUT2D eigenvalue weighted by Gasteiger charge is 2.13. The number of primary amides is 1. The summed E-state index contributed by atoms with van der Waals surface area (Å²) in [5.74, 6) is -0.0202. The number of aryl methyl sites for hydroxylation is 2. The maximum atomic E-state index is 12.5. The molecular weight excluding hydrogens is 374 g/mol. The average Bonchev–Trinajstić information content (AvgIpc) is 3.20. The summed E-state index contributed by atoms with van der Waals surface area (Å²) in [6.07, 6.45) is 1.25. The molecule has 27 heavy (non-hydrogen) atoms. The Morgan fingerprint density at radius 2 is 2.04 bits per heavy atom. The molecule has 3 rings (SSSR count). The Labute approximate surface area is 154 Å². The number of hydrogen-bond acceptors (Lipinski definition) is 11. The number of hydrogen-bond donors (Lipinski definition) is 3. The number of nitrogens with one attached hydrogen (secondary N) is 2. The predicted molar refractivity (Wildman–Crippen MR) is 96.1 cm³/mol. The Kier molecular flexibility index (Phi) is 4.85. The van der Waals surface area contributed by atoms with Crippen molar-refractivity contribution >= 4 is 28.4 Å². The summed E-state index contributed by atoms with van der Waals surface area (Å²) in [6.45, 7) is 1.72. The summed E-state index contributed by atoms with van der Waals surface area (Å²) in [4.78, 5) is 39.9. The maximum Gasteiger partial charge on any atom is 0.254 e. The number of anilines is 2. The first-order valence-corrected chi connectivity index (χ1v) is 8.20. The van der Waals surface area contributed by atoms with Crippen molar-refractivity contribution in [1.29, 1.82) is 0 Å². The molecular formula is C14H13N9O3S. The molecule has 0 aliphatic rings. The number of carbonyl (C=O) groups excluding carboxylic acids is 1. The van der Waals surface area contributed by atoms with Crippen LogP contribution in [-0.4, -0.2) is 25.0 Å². The Bertz CT molecular complexity index is 1230. The highest BCUT2D eigenvalue weighted by Crippen LogP contribution is 2.12. The second kappa shape index (κ2) is 7.25. The number of aromatic nitrogens is 4. The smallest absolute Gasteiger partial charge is 0.254 e. The molecule has 0 aliphatic heterocycles. The van der Waals surface area contributed by atoms with Crippen LogP contribution in [0.15, 0.2) is 38.1 Å². The molecule has 1 aromatic carbocycles. The van der Waals surface area contributed by atoms with Crippen LogP contribution in [0.3, 0.4) is 0 Å². The lowest BCUT2D eigenvalue weighted by molar-refractivity contribution is 0.100. The molecule has 3 aromatic rings. The van der Waals surface area contributed by atoms with Crippen LogP contribution in [0.4, 0.5) is 10.9 Å². The van der Waals surface area contributed by atoms with E-state index in [0.29, 0.717) is 11.0 Å². The molecule has 0 bridgehead atoms. The van der Waals surface area contributed by atoms with Crippen molar-refractivity contribution in [2.45, 2.75) is 6.92 Å². The zero-order valence-corrected chi connectivity index (χ0v) is 14.9. The highest BCUT2D eigenvalue weighted by molar-refractivity contribution is 7.09. The Hall–Kier alpha value is -3.74. The Morgan fingerprint density at radius 3 is 2.70 bits per heavy atom. The summed E-state index contributed by atoms with van der Waals surface area (Å²) in [7, 11) is 1.54. The summed E-state index contributed by atoms with van der Waals surface area (Å²) < 4.78 is 5.27. The van der Waals surface area contributed by atoms with E-state index in [2.05, 4.69) is 35.5 Å². The molecule has 2 heterocycles. The lowest BCUT2D eigenvalue weighted by atomic mass is 10.3. The zero-order valence-electron chi connectivity index (χ0n) is 14.1. The second-order valence-electron chi connectivity index (χ2n) is 5.25. The minimum Gasteiger partial charge on any atom is -0.365 e. The van der Waals surface area contributed by atoms with E-state index in [9.17, 15) is 14.4 Å². The molecule has 12 nitrogen and oxygen atoms in total. The molecule has 0 unspecified atom stereocenters. The molecule has 0 aliphatic carbocycles. The molecule has 0 saturated heterocycles. The molecule has 1 amide bonds. The third-order valence-electron chi connectivity index (χ3n) is 3.35. The van der Waals surface area contributed by atoms with Gasteiger partial charge in [-0.2, -0.15) is 19.7 Å². The molecule has 0 atom stereocenters. The van der Waals surface area contributed by atoms with Gasteiger partial charge in [-0.05, 0) is 19.1 Å². The third kappa shape index (κ3) is 3.77. The Morgan fingerprint density at radius 1 is 1.26 bits per heavy atom. The van der Waals surface area contributed by atoms with Crippen LogP contribution in [0.1, 0.15) is 16.2 Å². The monoisotopic (exact) mass is 387 g/mol. The van der Waals surface area contributed by atoms with E-state index in [0.717, 1.165) is 17.6 Å². The molecule has 0 spiro atoms. The van der Waals surface area contributed by atoms with Crippen molar-refractivity contribution in [3.05, 3.63) is 60.9 Å². The molecule has 0 fully saturated rings. The van der Waals surface area contributed by atoms with Crippen LogP contribution < -0.4 is 38.2 Å². The predicted octanol–water partition coefficient (Wildman–Crippen LogP) is -1.87. The van der Waals surface area contributed by atoms with Gasteiger partial charge in [0, 0.05) is 18.6 Å². The number of rotatable bonds is 5. The van der Waals surface area contributed by atoms with Gasteiger partial charge in [0.2, 0.25) is 16.0 Å². The van der Waals surface area contributed by atoms with E-state index in [1.165, 1.54) is 16.9 Å². The fourth-order valence-electron chi connectivity index (χ4n) is 2.05. The van der Waals surface area contributed by atoms with Crippen LogP contribution >= 0.6 is 11.5 Å². The van der Waals surface area contributed by atoms with Gasteiger partial charge in [0.15, 0.2) is 11.2 Å². The molecule has 0 saturated carbocycles. The number of nitrogens with zero attached hydrogens (tertiary/aromatic N) is 6. The lowest BCUT2D eigenvalue weighted by Gasteiger charge is -2.01. The summed E-state index contributed by atoms with van der Waals surface area (Å²) in [5, 5.41) is 11.6. The average molecular weight is 387 g/mol. The van der Waals surface area contributed by atoms with Gasteiger partial charge in [-0.1, -0.05) is 0 Å². The summed E-state index contributed by atoms with van der Waals surface area (Å²) in [6, 6.07) is 2.43. The van der Waals surface area contributed by atoms with E-state index in [-0.39, 0.29) is 16.7 Å². The van der Waals surface area contributed by atoms with Crippen molar-refractivity contribution in [2.24, 2.45) is 23.0 Å². The van der Waals surface area contributed by atoms with Gasteiger partial charge in [0.1, 0.15) is 16.7 Å². The topological polar surface area (TPSA) is 170 Å². The third-order valence-corrected chi connectivity index (χ3v) is 4.06. The van der Waals surface area contributed by atoms with Crippen molar-refractivity contribution in [1.82, 2.24) is 19.1 Å². The first-order chi connectivity index (χ1) is 12.9. The highest BCUT2D eigenvalue weighted by atomic mass is 32.1. The normalized spacial score (nSPS) is 12.4. The van der Waals surface area contributed by atoms with Crippen LogP contribution in [0.5, 0.6) is 0 Å². The summed E-state index contributed by atoms with van der Waals surface area (Å²) >= 11 is 1.08. The van der Waals surface area contributed by atoms with Gasteiger partial charge in [-0.15, -0.1) is 0 Å². The molecule has 4 N–H and O–H groups in total. The van der Waals surface area contributed by atoms with Crippen LogP contribution in [-0.2, 0) is 7.05 Å². The van der Waals surface area contributed by atoms with Gasteiger partial charge in [0.05, 0.1) is 6.20 Å². The number of nitrogens with two attached hydrogens (primary N) is 1. The lowest BCUT2D eigenvalue weighted by Crippen LogP contribution is -2.48. The van der Waals surface area contributed by atoms with Crippen LogP contribution in [0.2, 0.25) is 0 Å². The van der Waals surface area contributed by atoms with Gasteiger partial charge >= 0.3 is 0 Å². The van der Waals surface area contributed by atoms with E-state index >= 15 is 0 Å². The van der Waals surface area contributed by atoms with Gasteiger partial charge in [0.25, 0.3) is 5.91 Å². The van der Waals surface area contributed by atoms with Crippen LogP contribution in [0.25, 0.3) is 0 Å². The fourth-order valence-corrected chi connectivity index (χ4v) is 2.56. The second-order valence-corrected chi connectivity index (χ2v) is 6.00. The van der Waals surface area contributed by atoms with Crippen molar-refractivity contribution in [3.8, 4) is 0 Å². The minimum absolute atomic E-state index is 0.0388. The number of amides is 1. The SMILES string of the molecule is Cc1nsc(N/N=c2\ccc(=O)/c(=N\Nc3c(C(N)=O)cnn3C)c2=O)n1. The fraction of sp³-hybridized carbons (Fsp3) is 0.143. The van der Waals surface area contributed by atoms with E-state index in [4.69, 9.17) is 5.73 Å². The zero-order chi connectivity index (χ0) is 19.6. The molecule has 13 heteroatoms. The maximum absolute atomic E-state index is 12.5. The van der Waals surface area contributed by atoms with Gasteiger partial charge < -0.3 is 5.73 Å². The van der Waals surface area contributed by atoms with E-state index < -0.39 is 22.1 Å². The molecule has 0 radical (unpaired) electrons. The van der Waals surface area contributed by atoms with E-state index in [1.807, 2.05) is 0 Å².